The van der Waals surface area contributed by atoms with Gasteiger partial charge < -0.3 is 10.6 Å². The molecule has 0 bridgehead atoms. The van der Waals surface area contributed by atoms with Crippen LogP contribution in [0.1, 0.15) is 60.0 Å². The summed E-state index contributed by atoms with van der Waals surface area (Å²) in [6.07, 6.45) is 9.06. The number of hydrogen-bond donors (Lipinski definition) is 2. The first kappa shape index (κ1) is 32.0. The molecule has 0 radical (unpaired) electrons. The molecule has 2 unspecified atom stereocenters. The summed E-state index contributed by atoms with van der Waals surface area (Å²) in [5.74, 6) is 1.64. The maximum absolute atomic E-state index is 14.4. The highest BCUT2D eigenvalue weighted by Crippen LogP contribution is 2.32. The normalized spacial score (nSPS) is 15.5. The van der Waals surface area contributed by atoms with Gasteiger partial charge in [-0.05, 0) is 66.6 Å². The van der Waals surface area contributed by atoms with Gasteiger partial charge in [-0.1, -0.05) is 89.4 Å². The number of nitrogens with zero attached hydrogens (tertiary/aromatic N) is 3. The molecular weight excluding hydrogens is 616 g/mol. The zero-order valence-electron chi connectivity index (χ0n) is 24.3. The molecule has 0 aliphatic carbocycles. The molecule has 3 aromatic carbocycles. The van der Waals surface area contributed by atoms with Crippen LogP contribution in [0, 0.1) is 5.82 Å². The van der Waals surface area contributed by atoms with Crippen molar-refractivity contribution in [3.05, 3.63) is 134 Å². The molecular formula is C35H35Cl3FN5. The van der Waals surface area contributed by atoms with E-state index in [2.05, 4.69) is 49.9 Å². The zero-order chi connectivity index (χ0) is 30.7. The van der Waals surface area contributed by atoms with Gasteiger partial charge in [0, 0.05) is 43.9 Å². The molecule has 44 heavy (non-hydrogen) atoms. The molecule has 0 saturated heterocycles. The summed E-state index contributed by atoms with van der Waals surface area (Å²) >= 11 is 18.5. The van der Waals surface area contributed by atoms with Crippen molar-refractivity contribution in [2.45, 2.75) is 50.6 Å². The van der Waals surface area contributed by atoms with Gasteiger partial charge in [0.05, 0.1) is 38.8 Å². The van der Waals surface area contributed by atoms with Gasteiger partial charge in [-0.15, -0.1) is 0 Å². The summed E-state index contributed by atoms with van der Waals surface area (Å²) in [5, 5.41) is 8.29. The second-order valence-electron chi connectivity index (χ2n) is 10.8. The number of aliphatic imine (C=N–C) groups is 2. The summed E-state index contributed by atoms with van der Waals surface area (Å²) in [5.41, 5.74) is 3.94. The van der Waals surface area contributed by atoms with Gasteiger partial charge in [0.2, 0.25) is 0 Å². The van der Waals surface area contributed by atoms with Crippen molar-refractivity contribution in [2.24, 2.45) is 9.98 Å². The third-order valence-electron chi connectivity index (χ3n) is 7.62. The Morgan fingerprint density at radius 1 is 0.636 bits per heavy atom. The van der Waals surface area contributed by atoms with Gasteiger partial charge in [0.15, 0.2) is 0 Å². The lowest BCUT2D eigenvalue weighted by atomic mass is 9.98. The van der Waals surface area contributed by atoms with Crippen molar-refractivity contribution in [2.75, 3.05) is 13.1 Å². The van der Waals surface area contributed by atoms with Crippen molar-refractivity contribution >= 4 is 46.5 Å². The number of amidine groups is 2. The number of nitrogens with one attached hydrogen (secondary N) is 2. The Labute approximate surface area is 273 Å². The number of benzene rings is 3. The summed E-state index contributed by atoms with van der Waals surface area (Å²) in [6.45, 7) is 1.74. The lowest BCUT2D eigenvalue weighted by Crippen LogP contribution is -2.29. The van der Waals surface area contributed by atoms with E-state index < -0.39 is 0 Å². The molecule has 5 nitrogen and oxygen atoms in total. The van der Waals surface area contributed by atoms with Crippen molar-refractivity contribution in [3.8, 4) is 0 Å². The van der Waals surface area contributed by atoms with E-state index in [0.717, 1.165) is 68.0 Å². The number of halogens is 4. The SMILES string of the molecule is Clc1cccc(C(Cc2ccccc2)NC2=NCCC2)c1Cl.Fc1c(Cl)cccc1C(Cc1ccncc1)NC1=NCCC1. The molecule has 9 heteroatoms. The van der Waals surface area contributed by atoms with Gasteiger partial charge in [-0.2, -0.15) is 0 Å². The zero-order valence-corrected chi connectivity index (χ0v) is 26.6. The van der Waals surface area contributed by atoms with Crippen LogP contribution in [0.4, 0.5) is 4.39 Å². The molecule has 2 atom stereocenters. The molecule has 0 saturated carbocycles. The van der Waals surface area contributed by atoms with Crippen LogP contribution in [0.3, 0.4) is 0 Å². The fourth-order valence-corrected chi connectivity index (χ4v) is 6.00. The van der Waals surface area contributed by atoms with E-state index in [1.54, 1.807) is 30.6 Å². The third-order valence-corrected chi connectivity index (χ3v) is 8.74. The van der Waals surface area contributed by atoms with E-state index in [0.29, 0.717) is 22.0 Å². The van der Waals surface area contributed by atoms with E-state index >= 15 is 0 Å². The highest BCUT2D eigenvalue weighted by Gasteiger charge is 2.21. The number of pyridine rings is 1. The molecule has 2 aliphatic heterocycles. The minimum atomic E-state index is -0.366. The van der Waals surface area contributed by atoms with Crippen molar-refractivity contribution < 1.29 is 4.39 Å². The monoisotopic (exact) mass is 649 g/mol. The molecule has 1 aromatic heterocycles. The van der Waals surface area contributed by atoms with Crippen LogP contribution in [-0.2, 0) is 12.8 Å². The van der Waals surface area contributed by atoms with E-state index in [1.807, 2.05) is 36.4 Å². The summed E-state index contributed by atoms with van der Waals surface area (Å²) in [6, 6.07) is 25.1. The Morgan fingerprint density at radius 3 is 1.77 bits per heavy atom. The van der Waals surface area contributed by atoms with Gasteiger partial charge in [0.25, 0.3) is 0 Å². The second-order valence-corrected chi connectivity index (χ2v) is 12.0. The van der Waals surface area contributed by atoms with Crippen molar-refractivity contribution in [1.82, 2.24) is 15.6 Å². The molecule has 4 aromatic rings. The van der Waals surface area contributed by atoms with Crippen LogP contribution in [-0.4, -0.2) is 29.7 Å². The minimum Gasteiger partial charge on any atom is -0.367 e. The maximum Gasteiger partial charge on any atom is 0.147 e. The van der Waals surface area contributed by atoms with Crippen LogP contribution in [0.2, 0.25) is 15.1 Å². The standard InChI is InChI=1S/C18H18Cl2N2.C17H17ClFN3/c19-15-9-4-8-14(18(15)20)16(22-17-10-5-11-21-17)12-13-6-2-1-3-7-13;18-14-4-1-3-13(17(14)19)15(22-16-5-2-8-21-16)11-12-6-9-20-10-7-12/h1-4,6-9,16H,5,10-12H2,(H,21,22);1,3-4,6-7,9-10,15H,2,5,8,11H2,(H,21,22). The Hall–Kier alpha value is -3.45. The maximum atomic E-state index is 14.4. The fraction of sp³-hybridized carbons (Fsp3) is 0.286. The molecule has 3 heterocycles. The van der Waals surface area contributed by atoms with Crippen molar-refractivity contribution in [3.63, 3.8) is 0 Å². The predicted molar refractivity (Wildman–Crippen MR) is 181 cm³/mol. The average molecular weight is 651 g/mol. The predicted octanol–water partition coefficient (Wildman–Crippen LogP) is 9.00. The van der Waals surface area contributed by atoms with Crippen LogP contribution < -0.4 is 10.6 Å². The number of aromatic nitrogens is 1. The quantitative estimate of drug-likeness (QED) is 0.200. The second kappa shape index (κ2) is 16.0. The molecule has 2 aliphatic rings. The van der Waals surface area contributed by atoms with E-state index in [1.165, 1.54) is 5.56 Å². The number of hydrogen-bond acceptors (Lipinski definition) is 5. The highest BCUT2D eigenvalue weighted by molar-refractivity contribution is 6.42. The van der Waals surface area contributed by atoms with E-state index in [9.17, 15) is 4.39 Å². The Balaban J connectivity index is 0.000000175. The molecule has 0 spiro atoms. The molecule has 2 N–H and O–H groups in total. The smallest absolute Gasteiger partial charge is 0.147 e. The first-order valence-corrected chi connectivity index (χ1v) is 16.0. The Morgan fingerprint density at radius 2 is 1.18 bits per heavy atom. The lowest BCUT2D eigenvalue weighted by Gasteiger charge is -2.22. The highest BCUT2D eigenvalue weighted by atomic mass is 35.5. The van der Waals surface area contributed by atoms with Gasteiger partial charge in [-0.25, -0.2) is 4.39 Å². The van der Waals surface area contributed by atoms with Crippen LogP contribution in [0.25, 0.3) is 0 Å². The van der Waals surface area contributed by atoms with Crippen LogP contribution >= 0.6 is 34.8 Å². The summed E-state index contributed by atoms with van der Waals surface area (Å²) < 4.78 is 14.4. The number of rotatable bonds is 8. The molecule has 228 valence electrons. The first-order chi connectivity index (χ1) is 21.5. The largest absolute Gasteiger partial charge is 0.367 e. The average Bonchev–Trinajstić information content (AvgIpc) is 3.76. The third kappa shape index (κ3) is 8.81. The Bertz CT molecular complexity index is 1460. The molecule has 0 amide bonds. The minimum absolute atomic E-state index is 0.0745. The van der Waals surface area contributed by atoms with Gasteiger partial charge in [0.1, 0.15) is 5.82 Å². The summed E-state index contributed by atoms with van der Waals surface area (Å²) in [4.78, 5) is 13.0. The first-order valence-electron chi connectivity index (χ1n) is 14.9. The van der Waals surface area contributed by atoms with Crippen LogP contribution in [0.5, 0.6) is 0 Å². The fourth-order valence-electron chi connectivity index (χ4n) is 5.38. The summed E-state index contributed by atoms with van der Waals surface area (Å²) in [7, 11) is 0. The Kier molecular flexibility index (Phi) is 11.6. The van der Waals surface area contributed by atoms with E-state index in [-0.39, 0.29) is 22.9 Å². The molecule has 6 rings (SSSR count). The van der Waals surface area contributed by atoms with Gasteiger partial charge >= 0.3 is 0 Å². The van der Waals surface area contributed by atoms with Crippen molar-refractivity contribution in [1.29, 1.82) is 0 Å². The van der Waals surface area contributed by atoms with E-state index in [4.69, 9.17) is 34.8 Å². The van der Waals surface area contributed by atoms with Gasteiger partial charge in [-0.3, -0.25) is 15.0 Å². The van der Waals surface area contributed by atoms with Crippen LogP contribution in [0.15, 0.2) is 101 Å². The topological polar surface area (TPSA) is 61.7 Å². The molecule has 0 fully saturated rings. The lowest BCUT2D eigenvalue weighted by molar-refractivity contribution is 0.556.